The van der Waals surface area contributed by atoms with E-state index in [0.29, 0.717) is 36.7 Å². The molecular formula is C24H23N3O7S. The molecule has 1 heterocycles. The van der Waals surface area contributed by atoms with Gasteiger partial charge in [-0.05, 0) is 53.7 Å². The van der Waals surface area contributed by atoms with E-state index >= 15 is 0 Å². The van der Waals surface area contributed by atoms with Crippen molar-refractivity contribution in [2.24, 2.45) is 10.2 Å². The van der Waals surface area contributed by atoms with Gasteiger partial charge in [-0.2, -0.15) is 5.10 Å². The summed E-state index contributed by atoms with van der Waals surface area (Å²) in [6, 6.07) is 14.0. The van der Waals surface area contributed by atoms with Gasteiger partial charge in [0.2, 0.25) is 0 Å². The first-order valence-corrected chi connectivity index (χ1v) is 11.2. The molecule has 1 fully saturated rings. The smallest absolute Gasteiger partial charge is 0.337 e. The summed E-state index contributed by atoms with van der Waals surface area (Å²) in [4.78, 5) is 34.7. The van der Waals surface area contributed by atoms with Crippen LogP contribution in [-0.4, -0.2) is 56.7 Å². The van der Waals surface area contributed by atoms with Gasteiger partial charge in [-0.3, -0.25) is 10.1 Å². The Morgan fingerprint density at radius 3 is 2.46 bits per heavy atom. The van der Waals surface area contributed by atoms with Crippen LogP contribution in [-0.2, 0) is 19.1 Å². The van der Waals surface area contributed by atoms with E-state index in [0.717, 1.165) is 23.4 Å². The average Bonchev–Trinajstić information content (AvgIpc) is 3.22. The number of amidine groups is 1. The maximum Gasteiger partial charge on any atom is 0.337 e. The number of nitrogens with zero attached hydrogens (tertiary/aromatic N) is 2. The van der Waals surface area contributed by atoms with Crippen molar-refractivity contribution in [3.05, 3.63) is 70.6 Å². The summed E-state index contributed by atoms with van der Waals surface area (Å²) >= 11 is 0.996. The largest absolute Gasteiger partial charge is 0.493 e. The quantitative estimate of drug-likeness (QED) is 0.175. The van der Waals surface area contributed by atoms with Crippen molar-refractivity contribution in [2.75, 3.05) is 27.4 Å². The van der Waals surface area contributed by atoms with Gasteiger partial charge < -0.3 is 18.9 Å². The van der Waals surface area contributed by atoms with E-state index in [1.54, 1.807) is 30.3 Å². The van der Waals surface area contributed by atoms with Crippen LogP contribution in [0.3, 0.4) is 0 Å². The van der Waals surface area contributed by atoms with E-state index in [-0.39, 0.29) is 10.1 Å². The van der Waals surface area contributed by atoms with E-state index < -0.39 is 17.8 Å². The summed E-state index contributed by atoms with van der Waals surface area (Å²) < 4.78 is 20.6. The lowest BCUT2D eigenvalue weighted by molar-refractivity contribution is -0.135. The third-order valence-corrected chi connectivity index (χ3v) is 5.32. The number of hydrogen-bond donors (Lipinski definition) is 1. The molecule has 2 aromatic rings. The number of carbonyl (C=O) groups is 3. The topological polar surface area (TPSA) is 125 Å². The number of hydrogen-bond acceptors (Lipinski definition) is 10. The Hall–Kier alpha value is -4.12. The van der Waals surface area contributed by atoms with Crippen LogP contribution in [0.25, 0.3) is 0 Å². The summed E-state index contributed by atoms with van der Waals surface area (Å²) in [5.41, 5.74) is 1.22. The number of carbonyl (C=O) groups excluding carboxylic acids is 3. The zero-order valence-corrected chi connectivity index (χ0v) is 19.9. The van der Waals surface area contributed by atoms with E-state index in [4.69, 9.17) is 9.47 Å². The Morgan fingerprint density at radius 1 is 1.00 bits per heavy atom. The first kappa shape index (κ1) is 25.5. The molecule has 10 nitrogen and oxygen atoms in total. The zero-order chi connectivity index (χ0) is 25.0. The molecule has 11 heteroatoms. The van der Waals surface area contributed by atoms with Gasteiger partial charge in [0, 0.05) is 12.5 Å². The predicted molar refractivity (Wildman–Crippen MR) is 131 cm³/mol. The van der Waals surface area contributed by atoms with E-state index in [9.17, 15) is 14.4 Å². The lowest BCUT2D eigenvalue weighted by Gasteiger charge is -2.09. The summed E-state index contributed by atoms with van der Waals surface area (Å²) in [5.74, 6) is -0.134. The third-order valence-electron chi connectivity index (χ3n) is 4.42. The number of esters is 2. The Kier molecular flexibility index (Phi) is 9.43. The normalized spacial score (nSPS) is 15.3. The fourth-order valence-corrected chi connectivity index (χ4v) is 3.46. The van der Waals surface area contributed by atoms with Gasteiger partial charge in [0.05, 0.1) is 44.1 Å². The second-order valence-corrected chi connectivity index (χ2v) is 7.91. The van der Waals surface area contributed by atoms with Gasteiger partial charge in [0.25, 0.3) is 5.91 Å². The Morgan fingerprint density at radius 2 is 1.74 bits per heavy atom. The van der Waals surface area contributed by atoms with Gasteiger partial charge in [-0.1, -0.05) is 12.1 Å². The van der Waals surface area contributed by atoms with Crippen molar-refractivity contribution in [2.45, 2.75) is 6.42 Å². The summed E-state index contributed by atoms with van der Waals surface area (Å²) in [7, 11) is 2.57. The number of ether oxygens (including phenoxy) is 4. The highest BCUT2D eigenvalue weighted by Gasteiger charge is 2.25. The average molecular weight is 498 g/mol. The molecule has 3 rings (SSSR count). The number of nitrogens with one attached hydrogen (secondary N) is 1. The summed E-state index contributed by atoms with van der Waals surface area (Å²) in [5, 5.41) is 10.7. The van der Waals surface area contributed by atoms with Crippen molar-refractivity contribution in [1.82, 2.24) is 5.32 Å². The molecule has 1 aliphatic heterocycles. The van der Waals surface area contributed by atoms with Crippen molar-refractivity contribution in [3.63, 3.8) is 0 Å². The van der Waals surface area contributed by atoms with E-state index in [1.165, 1.54) is 20.4 Å². The highest BCUT2D eigenvalue weighted by molar-refractivity contribution is 8.18. The van der Waals surface area contributed by atoms with Gasteiger partial charge in [0.15, 0.2) is 5.17 Å². The maximum absolute atomic E-state index is 11.8. The van der Waals surface area contributed by atoms with Crippen LogP contribution in [0.15, 0.2) is 69.7 Å². The minimum atomic E-state index is -0.620. The van der Waals surface area contributed by atoms with Crippen LogP contribution >= 0.6 is 11.8 Å². The number of methoxy groups -OCH3 is 2. The minimum Gasteiger partial charge on any atom is -0.493 e. The zero-order valence-electron chi connectivity index (χ0n) is 19.1. The van der Waals surface area contributed by atoms with Crippen molar-refractivity contribution >= 4 is 41.0 Å². The monoisotopic (exact) mass is 497 g/mol. The standard InChI is InChI=1S/C24H23N3O7S/c1-31-21(28)14-20-22(29)26-24(35-20)27-25-15-16-5-3-6-19(13-16)34-12-4-11-33-18-9-7-17(8-10-18)23(30)32-2/h3,5-10,13-15H,4,11-12H2,1-2H3,(H,26,27,29)/b20-14+,25-15?. The molecule has 0 aliphatic carbocycles. The maximum atomic E-state index is 11.8. The van der Waals surface area contributed by atoms with Gasteiger partial charge >= 0.3 is 11.9 Å². The molecule has 1 saturated heterocycles. The first-order chi connectivity index (χ1) is 17.0. The molecule has 182 valence electrons. The second-order valence-electron chi connectivity index (χ2n) is 6.88. The van der Waals surface area contributed by atoms with Crippen LogP contribution in [0.5, 0.6) is 11.5 Å². The van der Waals surface area contributed by atoms with Crippen LogP contribution in [0.1, 0.15) is 22.3 Å². The lowest BCUT2D eigenvalue weighted by Crippen LogP contribution is -2.19. The fourth-order valence-electron chi connectivity index (χ4n) is 2.72. The SMILES string of the molecule is COC(=O)/C=C1/S/C(=N\N=Cc2cccc(OCCCOc3ccc(C(=O)OC)cc3)c2)NC1=O. The molecule has 0 atom stereocenters. The molecule has 1 N–H and O–H groups in total. The molecule has 0 radical (unpaired) electrons. The number of benzene rings is 2. The molecular weight excluding hydrogens is 474 g/mol. The second kappa shape index (κ2) is 12.9. The molecule has 0 aromatic heterocycles. The van der Waals surface area contributed by atoms with Crippen molar-refractivity contribution in [1.29, 1.82) is 0 Å². The predicted octanol–water partition coefficient (Wildman–Crippen LogP) is 2.93. The van der Waals surface area contributed by atoms with Gasteiger partial charge in [0.1, 0.15) is 11.5 Å². The lowest BCUT2D eigenvalue weighted by atomic mass is 10.2. The highest BCUT2D eigenvalue weighted by atomic mass is 32.2. The molecule has 0 saturated carbocycles. The highest BCUT2D eigenvalue weighted by Crippen LogP contribution is 2.23. The number of thioether (sulfide) groups is 1. The molecule has 0 spiro atoms. The van der Waals surface area contributed by atoms with Crippen molar-refractivity contribution < 1.29 is 33.3 Å². The molecule has 1 amide bonds. The number of amides is 1. The van der Waals surface area contributed by atoms with E-state index in [2.05, 4.69) is 25.0 Å². The van der Waals surface area contributed by atoms with Gasteiger partial charge in [-0.25, -0.2) is 9.59 Å². The van der Waals surface area contributed by atoms with E-state index in [1.807, 2.05) is 18.2 Å². The molecule has 1 aliphatic rings. The Balaban J connectivity index is 1.43. The van der Waals surface area contributed by atoms with Crippen molar-refractivity contribution in [3.8, 4) is 11.5 Å². The molecule has 2 aromatic carbocycles. The Bertz CT molecular complexity index is 1160. The fraction of sp³-hybridized carbons (Fsp3) is 0.208. The molecule has 0 unspecified atom stereocenters. The summed E-state index contributed by atoms with van der Waals surface area (Å²) in [6.45, 7) is 0.896. The van der Waals surface area contributed by atoms with Gasteiger partial charge in [-0.15, -0.1) is 5.10 Å². The Labute approximate surface area is 206 Å². The van der Waals surface area contributed by atoms with Crippen LogP contribution in [0.4, 0.5) is 0 Å². The molecule has 35 heavy (non-hydrogen) atoms. The van der Waals surface area contributed by atoms with Crippen LogP contribution < -0.4 is 14.8 Å². The van der Waals surface area contributed by atoms with Crippen LogP contribution in [0, 0.1) is 0 Å². The number of rotatable bonds is 10. The minimum absolute atomic E-state index is 0.184. The molecule has 0 bridgehead atoms. The first-order valence-electron chi connectivity index (χ1n) is 10.4. The summed E-state index contributed by atoms with van der Waals surface area (Å²) in [6.07, 6.45) is 3.28. The third kappa shape index (κ3) is 8.00. The van der Waals surface area contributed by atoms with Crippen LogP contribution in [0.2, 0.25) is 0 Å².